The van der Waals surface area contributed by atoms with Crippen molar-refractivity contribution in [1.82, 2.24) is 5.32 Å². The number of nitrogens with one attached hydrogen (secondary N) is 1. The highest BCUT2D eigenvalue weighted by atomic mass is 16.5. The Balaban J connectivity index is 1.80. The van der Waals surface area contributed by atoms with Crippen LogP contribution in [0.15, 0.2) is 0 Å². The summed E-state index contributed by atoms with van der Waals surface area (Å²) in [5.41, 5.74) is 0. The number of hydrogen-bond donors (Lipinski definition) is 1. The fourth-order valence-corrected chi connectivity index (χ4v) is 2.35. The first-order chi connectivity index (χ1) is 5.97. The Morgan fingerprint density at radius 3 is 2.50 bits per heavy atom. The van der Waals surface area contributed by atoms with Gasteiger partial charge in [0.2, 0.25) is 0 Å². The van der Waals surface area contributed by atoms with Crippen LogP contribution in [0.5, 0.6) is 0 Å². The molecule has 2 aliphatic rings. The normalized spacial score (nSPS) is 33.5. The first-order valence-corrected chi connectivity index (χ1v) is 5.29. The van der Waals surface area contributed by atoms with Crippen molar-refractivity contribution >= 4 is 0 Å². The van der Waals surface area contributed by atoms with Crippen molar-refractivity contribution in [3.8, 4) is 0 Å². The molecule has 0 unspecified atom stereocenters. The lowest BCUT2D eigenvalue weighted by Crippen LogP contribution is -2.36. The SMILES string of the molecule is C1CC[C@H](C2CCNCC2)OC1. The molecule has 0 amide bonds. The minimum Gasteiger partial charge on any atom is -0.378 e. The third-order valence-electron chi connectivity index (χ3n) is 3.12. The second-order valence-electron chi connectivity index (χ2n) is 3.99. The smallest absolute Gasteiger partial charge is 0.0604 e. The zero-order valence-electron chi connectivity index (χ0n) is 7.72. The summed E-state index contributed by atoms with van der Waals surface area (Å²) in [6.45, 7) is 3.41. The number of piperidine rings is 1. The highest BCUT2D eigenvalue weighted by Gasteiger charge is 2.25. The predicted molar refractivity (Wildman–Crippen MR) is 49.2 cm³/mol. The summed E-state index contributed by atoms with van der Waals surface area (Å²) >= 11 is 0. The van der Waals surface area contributed by atoms with Gasteiger partial charge in [-0.25, -0.2) is 0 Å². The Bertz CT molecular complexity index is 110. The van der Waals surface area contributed by atoms with E-state index in [1.54, 1.807) is 0 Å². The van der Waals surface area contributed by atoms with Crippen molar-refractivity contribution in [3.05, 3.63) is 0 Å². The van der Waals surface area contributed by atoms with Crippen molar-refractivity contribution in [2.75, 3.05) is 19.7 Å². The second kappa shape index (κ2) is 4.24. The largest absolute Gasteiger partial charge is 0.378 e. The quantitative estimate of drug-likeness (QED) is 0.643. The molecule has 1 atom stereocenters. The Kier molecular flexibility index (Phi) is 3.01. The zero-order valence-corrected chi connectivity index (χ0v) is 7.72. The van der Waals surface area contributed by atoms with Crippen LogP contribution in [0.4, 0.5) is 0 Å². The van der Waals surface area contributed by atoms with E-state index in [2.05, 4.69) is 5.32 Å². The summed E-state index contributed by atoms with van der Waals surface area (Å²) in [5, 5.41) is 3.40. The summed E-state index contributed by atoms with van der Waals surface area (Å²) in [6, 6.07) is 0. The molecule has 2 saturated heterocycles. The van der Waals surface area contributed by atoms with Gasteiger partial charge in [-0.15, -0.1) is 0 Å². The van der Waals surface area contributed by atoms with Gasteiger partial charge in [0.15, 0.2) is 0 Å². The minimum absolute atomic E-state index is 0.598. The second-order valence-corrected chi connectivity index (χ2v) is 3.99. The first-order valence-electron chi connectivity index (χ1n) is 5.29. The molecule has 2 heteroatoms. The molecule has 1 N–H and O–H groups in total. The van der Waals surface area contributed by atoms with Crippen LogP contribution in [0.3, 0.4) is 0 Å². The molecule has 12 heavy (non-hydrogen) atoms. The van der Waals surface area contributed by atoms with Crippen molar-refractivity contribution in [1.29, 1.82) is 0 Å². The van der Waals surface area contributed by atoms with Crippen LogP contribution in [-0.2, 0) is 4.74 Å². The summed E-state index contributed by atoms with van der Waals surface area (Å²) in [5.74, 6) is 0.853. The molecule has 2 rings (SSSR count). The van der Waals surface area contributed by atoms with Gasteiger partial charge >= 0.3 is 0 Å². The molecule has 2 fully saturated rings. The van der Waals surface area contributed by atoms with E-state index in [1.807, 2.05) is 0 Å². The van der Waals surface area contributed by atoms with Gasteiger partial charge in [0.1, 0.15) is 0 Å². The topological polar surface area (TPSA) is 21.3 Å². The van der Waals surface area contributed by atoms with E-state index in [0.717, 1.165) is 12.5 Å². The maximum atomic E-state index is 5.79. The van der Waals surface area contributed by atoms with Crippen LogP contribution in [-0.4, -0.2) is 25.8 Å². The van der Waals surface area contributed by atoms with Crippen molar-refractivity contribution in [2.45, 2.75) is 38.2 Å². The maximum Gasteiger partial charge on any atom is 0.0604 e. The third kappa shape index (κ3) is 1.99. The fraction of sp³-hybridized carbons (Fsp3) is 1.00. The molecule has 0 aromatic rings. The van der Waals surface area contributed by atoms with E-state index in [0.29, 0.717) is 6.10 Å². The van der Waals surface area contributed by atoms with Gasteiger partial charge in [0, 0.05) is 6.61 Å². The maximum absolute atomic E-state index is 5.79. The molecule has 2 heterocycles. The van der Waals surface area contributed by atoms with Gasteiger partial charge in [0.25, 0.3) is 0 Å². The number of ether oxygens (including phenoxy) is 1. The van der Waals surface area contributed by atoms with Gasteiger partial charge in [-0.05, 0) is 51.1 Å². The monoisotopic (exact) mass is 169 g/mol. The zero-order chi connectivity index (χ0) is 8.23. The number of hydrogen-bond acceptors (Lipinski definition) is 2. The van der Waals surface area contributed by atoms with Crippen molar-refractivity contribution < 1.29 is 4.74 Å². The Hall–Kier alpha value is -0.0800. The average molecular weight is 169 g/mol. The Labute approximate surface area is 74.7 Å². The molecule has 2 nitrogen and oxygen atoms in total. The molecule has 0 spiro atoms. The summed E-state index contributed by atoms with van der Waals surface area (Å²) in [6.07, 6.45) is 7.22. The van der Waals surface area contributed by atoms with Crippen LogP contribution in [0, 0.1) is 5.92 Å². The summed E-state index contributed by atoms with van der Waals surface area (Å²) < 4.78 is 5.79. The van der Waals surface area contributed by atoms with Crippen LogP contribution < -0.4 is 5.32 Å². The predicted octanol–water partition coefficient (Wildman–Crippen LogP) is 1.56. The van der Waals surface area contributed by atoms with Crippen LogP contribution in [0.1, 0.15) is 32.1 Å². The Morgan fingerprint density at radius 1 is 1.00 bits per heavy atom. The molecular formula is C10H19NO. The molecule has 0 aromatic carbocycles. The molecule has 0 saturated carbocycles. The van der Waals surface area contributed by atoms with E-state index < -0.39 is 0 Å². The van der Waals surface area contributed by atoms with E-state index >= 15 is 0 Å². The van der Waals surface area contributed by atoms with Gasteiger partial charge < -0.3 is 10.1 Å². The third-order valence-corrected chi connectivity index (χ3v) is 3.12. The molecule has 0 aromatic heterocycles. The van der Waals surface area contributed by atoms with Gasteiger partial charge in [0.05, 0.1) is 6.10 Å². The highest BCUT2D eigenvalue weighted by molar-refractivity contribution is 4.77. The van der Waals surface area contributed by atoms with Crippen LogP contribution in [0.2, 0.25) is 0 Å². The van der Waals surface area contributed by atoms with E-state index in [9.17, 15) is 0 Å². The lowest BCUT2D eigenvalue weighted by molar-refractivity contribution is -0.0285. The first kappa shape index (κ1) is 8.52. The molecule has 70 valence electrons. The van der Waals surface area contributed by atoms with E-state index in [4.69, 9.17) is 4.74 Å². The average Bonchev–Trinajstić information content (AvgIpc) is 2.21. The standard InChI is InChI=1S/C10H19NO/c1-2-8-12-10(3-1)9-4-6-11-7-5-9/h9-11H,1-8H2/t10-/m1/s1. The molecule has 0 radical (unpaired) electrons. The lowest BCUT2D eigenvalue weighted by Gasteiger charge is -2.33. The molecular weight excluding hydrogens is 150 g/mol. The summed E-state index contributed by atoms with van der Waals surface area (Å²) in [7, 11) is 0. The highest BCUT2D eigenvalue weighted by Crippen LogP contribution is 2.25. The molecule has 0 bridgehead atoms. The van der Waals surface area contributed by atoms with E-state index in [-0.39, 0.29) is 0 Å². The molecule has 2 aliphatic heterocycles. The van der Waals surface area contributed by atoms with Gasteiger partial charge in [-0.2, -0.15) is 0 Å². The van der Waals surface area contributed by atoms with Crippen LogP contribution >= 0.6 is 0 Å². The van der Waals surface area contributed by atoms with Crippen LogP contribution in [0.25, 0.3) is 0 Å². The summed E-state index contributed by atoms with van der Waals surface area (Å²) in [4.78, 5) is 0. The number of rotatable bonds is 1. The van der Waals surface area contributed by atoms with Crippen molar-refractivity contribution in [2.24, 2.45) is 5.92 Å². The molecule has 0 aliphatic carbocycles. The minimum atomic E-state index is 0.598. The van der Waals surface area contributed by atoms with Crippen molar-refractivity contribution in [3.63, 3.8) is 0 Å². The van der Waals surface area contributed by atoms with Gasteiger partial charge in [-0.3, -0.25) is 0 Å². The fourth-order valence-electron chi connectivity index (χ4n) is 2.35. The Morgan fingerprint density at radius 2 is 1.83 bits per heavy atom. The van der Waals surface area contributed by atoms with E-state index in [1.165, 1.54) is 45.2 Å². The van der Waals surface area contributed by atoms with Gasteiger partial charge in [-0.1, -0.05) is 0 Å². The lowest BCUT2D eigenvalue weighted by atomic mass is 9.88.